The van der Waals surface area contributed by atoms with Crippen molar-refractivity contribution in [2.75, 3.05) is 19.3 Å². The molecule has 1 aliphatic rings. The number of carbonyl (C=O) groups excluding carboxylic acids is 1. The first-order valence-electron chi connectivity index (χ1n) is 7.92. The molecule has 8 nitrogen and oxygen atoms in total. The third kappa shape index (κ3) is 4.37. The largest absolute Gasteiger partial charge is 0.349 e. The van der Waals surface area contributed by atoms with E-state index >= 15 is 0 Å². The fourth-order valence-electron chi connectivity index (χ4n) is 2.70. The molecule has 2 aromatic heterocycles. The molecule has 1 fully saturated rings. The van der Waals surface area contributed by atoms with Crippen LogP contribution in [0.4, 0.5) is 0 Å². The number of nitrogens with zero attached hydrogens (tertiary/aromatic N) is 4. The van der Waals surface area contributed by atoms with E-state index in [4.69, 9.17) is 0 Å². The second-order valence-electron chi connectivity index (χ2n) is 5.94. The average molecular weight is 361 g/mol. The van der Waals surface area contributed by atoms with E-state index in [9.17, 15) is 13.2 Å². The van der Waals surface area contributed by atoms with Gasteiger partial charge in [-0.25, -0.2) is 22.7 Å². The summed E-state index contributed by atoms with van der Waals surface area (Å²) in [5, 5.41) is 2.92. The highest BCUT2D eigenvalue weighted by molar-refractivity contribution is 7.88. The van der Waals surface area contributed by atoms with Crippen molar-refractivity contribution in [3.05, 3.63) is 42.5 Å². The van der Waals surface area contributed by atoms with Gasteiger partial charge in [-0.3, -0.25) is 9.78 Å². The number of carbonyl (C=O) groups is 1. The number of sulfonamides is 1. The number of hydrogen-bond donors (Lipinski definition) is 1. The Morgan fingerprint density at radius 3 is 2.32 bits per heavy atom. The molecule has 3 heterocycles. The molecular formula is C16H19N5O3S. The molecule has 1 saturated heterocycles. The summed E-state index contributed by atoms with van der Waals surface area (Å²) in [6.45, 7) is 0.836. The minimum atomic E-state index is -3.16. The van der Waals surface area contributed by atoms with Gasteiger partial charge in [0.2, 0.25) is 10.0 Å². The molecular weight excluding hydrogens is 342 g/mol. The van der Waals surface area contributed by atoms with Crippen LogP contribution in [0.2, 0.25) is 0 Å². The van der Waals surface area contributed by atoms with Crippen molar-refractivity contribution in [3.8, 4) is 11.4 Å². The van der Waals surface area contributed by atoms with Crippen molar-refractivity contribution >= 4 is 15.9 Å². The monoisotopic (exact) mass is 361 g/mol. The Hall–Kier alpha value is -2.39. The zero-order valence-electron chi connectivity index (χ0n) is 13.8. The maximum absolute atomic E-state index is 12.3. The number of piperidine rings is 1. The van der Waals surface area contributed by atoms with Gasteiger partial charge in [-0.2, -0.15) is 0 Å². The summed E-state index contributed by atoms with van der Waals surface area (Å²) in [7, 11) is -3.16. The number of amides is 1. The number of pyridine rings is 1. The standard InChI is InChI=1S/C16H19N5O3S/c1-25(23,24)21-8-4-14(5-9-21)20-16(22)13-10-18-15(19-11-13)12-2-6-17-7-3-12/h2-3,6-7,10-11,14H,4-5,8-9H2,1H3,(H,20,22). The minimum Gasteiger partial charge on any atom is -0.349 e. The van der Waals surface area contributed by atoms with E-state index in [1.54, 1.807) is 24.5 Å². The first-order valence-corrected chi connectivity index (χ1v) is 9.77. The van der Waals surface area contributed by atoms with Crippen molar-refractivity contribution in [2.24, 2.45) is 0 Å². The fraction of sp³-hybridized carbons (Fsp3) is 0.375. The number of aromatic nitrogens is 3. The Morgan fingerprint density at radius 2 is 1.76 bits per heavy atom. The van der Waals surface area contributed by atoms with E-state index in [1.807, 2.05) is 0 Å². The third-order valence-electron chi connectivity index (χ3n) is 4.11. The van der Waals surface area contributed by atoms with Gasteiger partial charge in [0, 0.05) is 49.5 Å². The van der Waals surface area contributed by atoms with Crippen molar-refractivity contribution in [3.63, 3.8) is 0 Å². The van der Waals surface area contributed by atoms with Gasteiger partial charge < -0.3 is 5.32 Å². The van der Waals surface area contributed by atoms with Gasteiger partial charge in [0.1, 0.15) is 0 Å². The first kappa shape index (κ1) is 17.4. The number of rotatable bonds is 4. The molecule has 0 saturated carbocycles. The van der Waals surface area contributed by atoms with Crippen LogP contribution in [0, 0.1) is 0 Å². The molecule has 2 aromatic rings. The maximum atomic E-state index is 12.3. The van der Waals surface area contributed by atoms with Crippen molar-refractivity contribution < 1.29 is 13.2 Å². The van der Waals surface area contributed by atoms with Crippen LogP contribution in [-0.2, 0) is 10.0 Å². The molecule has 0 unspecified atom stereocenters. The quantitative estimate of drug-likeness (QED) is 0.859. The molecule has 0 bridgehead atoms. The van der Waals surface area contributed by atoms with Gasteiger partial charge >= 0.3 is 0 Å². The summed E-state index contributed by atoms with van der Waals surface area (Å²) in [6, 6.07) is 3.54. The van der Waals surface area contributed by atoms with Gasteiger partial charge in [0.15, 0.2) is 5.82 Å². The topological polar surface area (TPSA) is 105 Å². The Bertz CT molecular complexity index is 832. The van der Waals surface area contributed by atoms with Crippen LogP contribution in [0.1, 0.15) is 23.2 Å². The molecule has 0 atom stereocenters. The molecule has 0 aliphatic carbocycles. The molecule has 1 amide bonds. The maximum Gasteiger partial charge on any atom is 0.254 e. The van der Waals surface area contributed by atoms with Crippen LogP contribution in [0.15, 0.2) is 36.9 Å². The molecule has 132 valence electrons. The highest BCUT2D eigenvalue weighted by Crippen LogP contribution is 2.15. The zero-order chi connectivity index (χ0) is 17.9. The molecule has 1 N–H and O–H groups in total. The molecule has 3 rings (SSSR count). The summed E-state index contributed by atoms with van der Waals surface area (Å²) in [5.74, 6) is 0.277. The summed E-state index contributed by atoms with van der Waals surface area (Å²) in [5.41, 5.74) is 1.21. The second kappa shape index (κ2) is 7.24. The summed E-state index contributed by atoms with van der Waals surface area (Å²) >= 11 is 0. The van der Waals surface area contributed by atoms with Gasteiger partial charge in [-0.15, -0.1) is 0 Å². The van der Waals surface area contributed by atoms with E-state index in [0.29, 0.717) is 37.3 Å². The van der Waals surface area contributed by atoms with Crippen molar-refractivity contribution in [1.29, 1.82) is 0 Å². The normalized spacial score (nSPS) is 16.5. The van der Waals surface area contributed by atoms with Crippen molar-refractivity contribution in [1.82, 2.24) is 24.6 Å². The lowest BCUT2D eigenvalue weighted by Crippen LogP contribution is -2.46. The Labute approximate surface area is 146 Å². The predicted molar refractivity (Wildman–Crippen MR) is 92.2 cm³/mol. The Balaban J connectivity index is 1.59. The van der Waals surface area contributed by atoms with Gasteiger partial charge in [-0.1, -0.05) is 0 Å². The molecule has 0 spiro atoms. The minimum absolute atomic E-state index is 0.0506. The highest BCUT2D eigenvalue weighted by Gasteiger charge is 2.26. The van der Waals surface area contributed by atoms with Gasteiger partial charge in [-0.05, 0) is 25.0 Å². The summed E-state index contributed by atoms with van der Waals surface area (Å²) < 4.78 is 24.4. The molecule has 1 aliphatic heterocycles. The van der Waals surface area contributed by atoms with Crippen LogP contribution in [0.25, 0.3) is 11.4 Å². The predicted octanol–water partition coefficient (Wildman–Crippen LogP) is 0.692. The Morgan fingerprint density at radius 1 is 1.16 bits per heavy atom. The average Bonchev–Trinajstić information content (AvgIpc) is 2.62. The van der Waals surface area contributed by atoms with Crippen LogP contribution in [0.5, 0.6) is 0 Å². The Kier molecular flexibility index (Phi) is 5.05. The van der Waals surface area contributed by atoms with Crippen LogP contribution in [-0.4, -0.2) is 59.0 Å². The lowest BCUT2D eigenvalue weighted by Gasteiger charge is -2.30. The van der Waals surface area contributed by atoms with E-state index in [2.05, 4.69) is 20.3 Å². The molecule has 0 radical (unpaired) electrons. The van der Waals surface area contributed by atoms with E-state index < -0.39 is 10.0 Å². The molecule has 25 heavy (non-hydrogen) atoms. The molecule has 0 aromatic carbocycles. The van der Waals surface area contributed by atoms with Gasteiger partial charge in [0.25, 0.3) is 5.91 Å². The summed E-state index contributed by atoms with van der Waals surface area (Å²) in [6.07, 6.45) is 8.68. The van der Waals surface area contributed by atoms with Crippen LogP contribution < -0.4 is 5.32 Å². The van der Waals surface area contributed by atoms with Gasteiger partial charge in [0.05, 0.1) is 11.8 Å². The lowest BCUT2D eigenvalue weighted by atomic mass is 10.1. The smallest absolute Gasteiger partial charge is 0.254 e. The van der Waals surface area contributed by atoms with E-state index in [1.165, 1.54) is 23.0 Å². The van der Waals surface area contributed by atoms with E-state index in [-0.39, 0.29) is 11.9 Å². The fourth-order valence-corrected chi connectivity index (χ4v) is 3.57. The highest BCUT2D eigenvalue weighted by atomic mass is 32.2. The van der Waals surface area contributed by atoms with E-state index in [0.717, 1.165) is 5.56 Å². The third-order valence-corrected chi connectivity index (χ3v) is 5.41. The number of nitrogens with one attached hydrogen (secondary N) is 1. The van der Waals surface area contributed by atoms with Crippen molar-refractivity contribution in [2.45, 2.75) is 18.9 Å². The zero-order valence-corrected chi connectivity index (χ0v) is 14.6. The second-order valence-corrected chi connectivity index (χ2v) is 7.92. The summed E-state index contributed by atoms with van der Waals surface area (Å²) in [4.78, 5) is 24.7. The van der Waals surface area contributed by atoms with Crippen LogP contribution in [0.3, 0.4) is 0 Å². The lowest BCUT2D eigenvalue weighted by molar-refractivity contribution is 0.0923. The molecule has 9 heteroatoms. The van der Waals surface area contributed by atoms with Crippen LogP contribution >= 0.6 is 0 Å². The number of hydrogen-bond acceptors (Lipinski definition) is 6. The first-order chi connectivity index (χ1) is 11.9. The SMILES string of the molecule is CS(=O)(=O)N1CCC(NC(=O)c2cnc(-c3ccncc3)nc2)CC1.